The van der Waals surface area contributed by atoms with Crippen molar-refractivity contribution in [2.24, 2.45) is 0 Å². The second kappa shape index (κ2) is 6.42. The van der Waals surface area contributed by atoms with Gasteiger partial charge in [0.1, 0.15) is 19.2 Å². The van der Waals surface area contributed by atoms with Crippen molar-refractivity contribution >= 4 is 52.5 Å². The largest absolute Gasteiger partial charge is 0.465 e. The standard InChI is InChI=1S/C20H15BN4O3/c1-28-20(27)16-17(22)13-6-5-10(21)9-15(13)25(19(16)26)14-4-2-3-12-11(14)7-8-24-18(12)23/h2-9H,22H2,1H3,(H2,23,24). The van der Waals surface area contributed by atoms with E-state index in [1.165, 1.54) is 11.7 Å². The van der Waals surface area contributed by atoms with Crippen molar-refractivity contribution in [3.8, 4) is 5.69 Å². The Balaban J connectivity index is 2.25. The second-order valence-corrected chi connectivity index (χ2v) is 6.27. The van der Waals surface area contributed by atoms with E-state index in [9.17, 15) is 9.59 Å². The summed E-state index contributed by atoms with van der Waals surface area (Å²) in [6.45, 7) is 0. The molecule has 0 saturated carbocycles. The van der Waals surface area contributed by atoms with E-state index in [4.69, 9.17) is 24.1 Å². The number of aromatic nitrogens is 2. The van der Waals surface area contributed by atoms with E-state index >= 15 is 0 Å². The van der Waals surface area contributed by atoms with E-state index in [0.717, 1.165) is 0 Å². The number of methoxy groups -OCH3 is 1. The maximum atomic E-state index is 13.3. The first-order chi connectivity index (χ1) is 13.4. The Bertz CT molecular complexity index is 1330. The number of carbonyl (C=O) groups is 1. The summed E-state index contributed by atoms with van der Waals surface area (Å²) < 4.78 is 6.18. The number of hydrogen-bond acceptors (Lipinski definition) is 6. The first kappa shape index (κ1) is 17.6. The van der Waals surface area contributed by atoms with Crippen molar-refractivity contribution in [3.05, 3.63) is 64.6 Å². The van der Waals surface area contributed by atoms with Gasteiger partial charge in [-0.05, 0) is 18.2 Å². The molecule has 2 radical (unpaired) electrons. The van der Waals surface area contributed by atoms with Crippen molar-refractivity contribution in [1.29, 1.82) is 0 Å². The molecule has 136 valence electrons. The van der Waals surface area contributed by atoms with E-state index in [-0.39, 0.29) is 11.3 Å². The highest BCUT2D eigenvalue weighted by atomic mass is 16.5. The van der Waals surface area contributed by atoms with Crippen LogP contribution in [0.3, 0.4) is 0 Å². The monoisotopic (exact) mass is 370 g/mol. The first-order valence-electron chi connectivity index (χ1n) is 8.39. The van der Waals surface area contributed by atoms with Crippen molar-refractivity contribution in [3.63, 3.8) is 0 Å². The molecule has 7 nitrogen and oxygen atoms in total. The molecule has 0 saturated heterocycles. The molecule has 0 atom stereocenters. The molecule has 2 aromatic carbocycles. The van der Waals surface area contributed by atoms with Gasteiger partial charge in [0, 0.05) is 22.4 Å². The Kier molecular flexibility index (Phi) is 4.03. The number of fused-ring (bicyclic) bond motifs is 2. The number of carbonyl (C=O) groups excluding carboxylic acids is 1. The second-order valence-electron chi connectivity index (χ2n) is 6.27. The number of nitrogens with zero attached hydrogens (tertiary/aromatic N) is 2. The van der Waals surface area contributed by atoms with Crippen LogP contribution in [0.15, 0.2) is 53.5 Å². The highest BCUT2D eigenvalue weighted by molar-refractivity contribution is 6.33. The fourth-order valence-corrected chi connectivity index (χ4v) is 3.38. The highest BCUT2D eigenvalue weighted by Gasteiger charge is 2.23. The Labute approximate surface area is 160 Å². The third kappa shape index (κ3) is 2.50. The number of nitrogen functional groups attached to an aromatic ring is 2. The summed E-state index contributed by atoms with van der Waals surface area (Å²) in [5.74, 6) is -0.476. The lowest BCUT2D eigenvalue weighted by molar-refractivity contribution is 0.0600. The van der Waals surface area contributed by atoms with Gasteiger partial charge in [0.25, 0.3) is 5.56 Å². The van der Waals surface area contributed by atoms with Crippen LogP contribution in [0.1, 0.15) is 10.4 Å². The number of rotatable bonds is 2. The molecule has 0 fully saturated rings. The Morgan fingerprint density at radius 1 is 1.11 bits per heavy atom. The Morgan fingerprint density at radius 2 is 1.89 bits per heavy atom. The highest BCUT2D eigenvalue weighted by Crippen LogP contribution is 2.29. The summed E-state index contributed by atoms with van der Waals surface area (Å²) >= 11 is 0. The molecule has 4 aromatic rings. The number of esters is 1. The summed E-state index contributed by atoms with van der Waals surface area (Å²) in [4.78, 5) is 29.7. The van der Waals surface area contributed by atoms with Crippen LogP contribution >= 0.6 is 0 Å². The maximum Gasteiger partial charge on any atom is 0.345 e. The maximum absolute atomic E-state index is 13.3. The van der Waals surface area contributed by atoms with Gasteiger partial charge in [0.05, 0.1) is 24.0 Å². The molecule has 0 amide bonds. The molecule has 8 heteroatoms. The molecule has 0 aliphatic carbocycles. The van der Waals surface area contributed by atoms with E-state index in [2.05, 4.69) is 4.98 Å². The van der Waals surface area contributed by atoms with Gasteiger partial charge >= 0.3 is 5.97 Å². The molecule has 4 rings (SSSR count). The van der Waals surface area contributed by atoms with Gasteiger partial charge in [-0.3, -0.25) is 9.36 Å². The lowest BCUT2D eigenvalue weighted by Crippen LogP contribution is -2.29. The van der Waals surface area contributed by atoms with Crippen LogP contribution in [-0.4, -0.2) is 30.5 Å². The predicted octanol–water partition coefficient (Wildman–Crippen LogP) is 1.28. The van der Waals surface area contributed by atoms with Crippen molar-refractivity contribution in [2.45, 2.75) is 0 Å². The summed E-state index contributed by atoms with van der Waals surface area (Å²) in [5, 5.41) is 1.88. The quantitative estimate of drug-likeness (QED) is 0.406. The molecule has 0 spiro atoms. The number of anilines is 2. The lowest BCUT2D eigenvalue weighted by atomic mass is 9.94. The topological polar surface area (TPSA) is 113 Å². The molecule has 2 aromatic heterocycles. The summed E-state index contributed by atoms with van der Waals surface area (Å²) in [6.07, 6.45) is 1.56. The molecule has 0 aliphatic rings. The van der Waals surface area contributed by atoms with Crippen molar-refractivity contribution in [2.75, 3.05) is 18.6 Å². The fraction of sp³-hybridized carbons (Fsp3) is 0.0500. The number of pyridine rings is 2. The molecule has 4 N–H and O–H groups in total. The number of ether oxygens (including phenoxy) is 1. The van der Waals surface area contributed by atoms with Gasteiger partial charge in [0.15, 0.2) is 0 Å². The lowest BCUT2D eigenvalue weighted by Gasteiger charge is -2.17. The van der Waals surface area contributed by atoms with E-state index in [1.807, 2.05) is 0 Å². The van der Waals surface area contributed by atoms with E-state index < -0.39 is 11.5 Å². The Morgan fingerprint density at radius 3 is 2.64 bits per heavy atom. The van der Waals surface area contributed by atoms with Crippen LogP contribution in [0.4, 0.5) is 11.5 Å². The third-order valence-electron chi connectivity index (χ3n) is 4.68. The predicted molar refractivity (Wildman–Crippen MR) is 110 cm³/mol. The van der Waals surface area contributed by atoms with Crippen molar-refractivity contribution < 1.29 is 9.53 Å². The summed E-state index contributed by atoms with van der Waals surface area (Å²) in [6, 6.07) is 12.0. The summed E-state index contributed by atoms with van der Waals surface area (Å²) in [7, 11) is 7.15. The normalized spacial score (nSPS) is 11.0. The first-order valence-corrected chi connectivity index (χ1v) is 8.39. The van der Waals surface area contributed by atoms with Gasteiger partial charge in [-0.15, -0.1) is 0 Å². The number of benzene rings is 2. The fourth-order valence-electron chi connectivity index (χ4n) is 3.38. The molecule has 0 bridgehead atoms. The zero-order valence-electron chi connectivity index (χ0n) is 15.0. The van der Waals surface area contributed by atoms with Gasteiger partial charge < -0.3 is 16.2 Å². The van der Waals surface area contributed by atoms with E-state index in [1.54, 1.807) is 48.7 Å². The average molecular weight is 370 g/mol. The SMILES string of the molecule is [B]c1ccc2c(N)c(C(=O)OC)c(=O)n(-c3cccc4c(N)nccc34)c2c1. The van der Waals surface area contributed by atoms with Crippen LogP contribution < -0.4 is 22.5 Å². The van der Waals surface area contributed by atoms with Gasteiger partial charge in [0.2, 0.25) is 0 Å². The Hall–Kier alpha value is -3.81. The molecular formula is C20H15BN4O3. The van der Waals surface area contributed by atoms with Gasteiger partial charge in [-0.25, -0.2) is 9.78 Å². The van der Waals surface area contributed by atoms with Crippen LogP contribution in [0, 0.1) is 0 Å². The minimum Gasteiger partial charge on any atom is -0.465 e. The third-order valence-corrected chi connectivity index (χ3v) is 4.68. The molecule has 2 heterocycles. The minimum absolute atomic E-state index is 0.0458. The molecule has 0 aliphatic heterocycles. The van der Waals surface area contributed by atoms with Crippen LogP contribution in [0.25, 0.3) is 27.4 Å². The summed E-state index contributed by atoms with van der Waals surface area (Å²) in [5.41, 5.74) is 12.8. The van der Waals surface area contributed by atoms with Gasteiger partial charge in [-0.1, -0.05) is 29.7 Å². The van der Waals surface area contributed by atoms with Crippen LogP contribution in [0.5, 0.6) is 0 Å². The van der Waals surface area contributed by atoms with E-state index in [0.29, 0.717) is 38.6 Å². The molecule has 0 unspecified atom stereocenters. The van der Waals surface area contributed by atoms with Gasteiger partial charge in [-0.2, -0.15) is 0 Å². The van der Waals surface area contributed by atoms with Crippen LogP contribution in [0.2, 0.25) is 0 Å². The zero-order chi connectivity index (χ0) is 20.0. The zero-order valence-corrected chi connectivity index (χ0v) is 15.0. The average Bonchev–Trinajstić information content (AvgIpc) is 2.68. The van der Waals surface area contributed by atoms with Crippen molar-refractivity contribution in [1.82, 2.24) is 9.55 Å². The number of hydrogen-bond donors (Lipinski definition) is 2. The van der Waals surface area contributed by atoms with Crippen LogP contribution in [-0.2, 0) is 4.74 Å². The molecule has 28 heavy (non-hydrogen) atoms. The smallest absolute Gasteiger partial charge is 0.345 e. The number of nitrogens with two attached hydrogens (primary N) is 2. The minimum atomic E-state index is -0.809. The molecular weight excluding hydrogens is 355 g/mol.